The summed E-state index contributed by atoms with van der Waals surface area (Å²) in [5, 5.41) is 0.283. The van der Waals surface area contributed by atoms with Crippen molar-refractivity contribution in [2.24, 2.45) is 0 Å². The van der Waals surface area contributed by atoms with Gasteiger partial charge in [-0.15, -0.1) is 0 Å². The van der Waals surface area contributed by atoms with E-state index in [-0.39, 0.29) is 29.1 Å². The summed E-state index contributed by atoms with van der Waals surface area (Å²) in [5.74, 6) is -0.863. The fourth-order valence-electron chi connectivity index (χ4n) is 2.84. The van der Waals surface area contributed by atoms with E-state index in [0.29, 0.717) is 12.2 Å². The van der Waals surface area contributed by atoms with Crippen molar-refractivity contribution in [1.29, 1.82) is 0 Å². The van der Waals surface area contributed by atoms with Crippen LogP contribution in [-0.2, 0) is 9.47 Å². The van der Waals surface area contributed by atoms with Crippen molar-refractivity contribution in [2.45, 2.75) is 26.8 Å². The van der Waals surface area contributed by atoms with E-state index < -0.39 is 5.97 Å². The van der Waals surface area contributed by atoms with Crippen LogP contribution in [0.2, 0.25) is 5.15 Å². The normalized spacial score (nSPS) is 12.0. The number of hydrogen-bond donors (Lipinski definition) is 0. The van der Waals surface area contributed by atoms with Gasteiger partial charge in [-0.2, -0.15) is 0 Å². The first-order valence-electron chi connectivity index (χ1n) is 7.84. The Morgan fingerprint density at radius 2 is 2.04 bits per heavy atom. The maximum absolute atomic E-state index is 12.4. The smallest absolute Gasteiger partial charge is 0.340 e. The summed E-state index contributed by atoms with van der Waals surface area (Å²) in [6.07, 6.45) is 1.31. The van der Waals surface area contributed by atoms with Gasteiger partial charge < -0.3 is 14.0 Å². The summed E-state index contributed by atoms with van der Waals surface area (Å²) in [6.45, 7) is 6.04. The zero-order valence-corrected chi connectivity index (χ0v) is 15.5. The molecule has 6 nitrogen and oxygen atoms in total. The molecule has 0 radical (unpaired) electrons. The molecule has 0 fully saturated rings. The highest BCUT2D eigenvalue weighted by molar-refractivity contribution is 6.29. The van der Waals surface area contributed by atoms with Crippen LogP contribution < -0.4 is 0 Å². The van der Waals surface area contributed by atoms with E-state index in [1.54, 1.807) is 7.11 Å². The van der Waals surface area contributed by atoms with E-state index in [9.17, 15) is 9.59 Å². The molecule has 0 aromatic carbocycles. The lowest BCUT2D eigenvalue weighted by Crippen LogP contribution is -2.17. The third-order valence-corrected chi connectivity index (χ3v) is 4.15. The van der Waals surface area contributed by atoms with Crippen LogP contribution in [0.25, 0.3) is 0 Å². The molecule has 0 aliphatic carbocycles. The SMILES string of the molecule is COCC(C)n1c(C)cc(C(=O)COC(=O)c2ccc(Cl)nc2)c1C. The Labute approximate surface area is 151 Å². The van der Waals surface area contributed by atoms with Crippen molar-refractivity contribution < 1.29 is 19.1 Å². The molecular weight excluding hydrogens is 344 g/mol. The third-order valence-electron chi connectivity index (χ3n) is 3.93. The van der Waals surface area contributed by atoms with Crippen molar-refractivity contribution in [3.63, 3.8) is 0 Å². The molecule has 0 bridgehead atoms. The maximum Gasteiger partial charge on any atom is 0.340 e. The molecule has 1 atom stereocenters. The highest BCUT2D eigenvalue weighted by Gasteiger charge is 2.20. The molecule has 0 aliphatic rings. The fraction of sp³-hybridized carbons (Fsp3) is 0.389. The van der Waals surface area contributed by atoms with E-state index >= 15 is 0 Å². The Hall–Kier alpha value is -2.18. The Morgan fingerprint density at radius 3 is 2.64 bits per heavy atom. The average molecular weight is 365 g/mol. The number of hydrogen-bond acceptors (Lipinski definition) is 5. The molecule has 7 heteroatoms. The number of Topliss-reactive ketones (excluding diaryl/α,β-unsaturated/α-hetero) is 1. The van der Waals surface area contributed by atoms with Gasteiger partial charge in [0.1, 0.15) is 5.15 Å². The Balaban J connectivity index is 2.07. The summed E-state index contributed by atoms with van der Waals surface area (Å²) in [7, 11) is 1.64. The average Bonchev–Trinajstić information content (AvgIpc) is 2.88. The maximum atomic E-state index is 12.4. The van der Waals surface area contributed by atoms with Crippen molar-refractivity contribution in [2.75, 3.05) is 20.3 Å². The molecule has 0 N–H and O–H groups in total. The van der Waals surface area contributed by atoms with Crippen LogP contribution in [0.3, 0.4) is 0 Å². The monoisotopic (exact) mass is 364 g/mol. The van der Waals surface area contributed by atoms with Gasteiger partial charge in [0.25, 0.3) is 0 Å². The fourth-order valence-corrected chi connectivity index (χ4v) is 2.95. The lowest BCUT2D eigenvalue weighted by Gasteiger charge is -2.17. The van der Waals surface area contributed by atoms with Crippen molar-refractivity contribution in [1.82, 2.24) is 9.55 Å². The summed E-state index contributed by atoms with van der Waals surface area (Å²) < 4.78 is 12.3. The Morgan fingerprint density at radius 1 is 1.32 bits per heavy atom. The molecule has 2 rings (SSSR count). The van der Waals surface area contributed by atoms with Crippen LogP contribution in [0.15, 0.2) is 24.4 Å². The first-order valence-corrected chi connectivity index (χ1v) is 8.22. The van der Waals surface area contributed by atoms with Gasteiger partial charge in [-0.3, -0.25) is 4.79 Å². The summed E-state index contributed by atoms with van der Waals surface area (Å²) >= 11 is 5.68. The van der Waals surface area contributed by atoms with Crippen LogP contribution in [0.1, 0.15) is 45.1 Å². The van der Waals surface area contributed by atoms with Gasteiger partial charge in [0.15, 0.2) is 6.61 Å². The first-order chi connectivity index (χ1) is 11.8. The van der Waals surface area contributed by atoms with E-state index in [1.165, 1.54) is 18.3 Å². The number of aryl methyl sites for hydroxylation is 1. The number of ketones is 1. The Kier molecular flexibility index (Phi) is 6.33. The van der Waals surface area contributed by atoms with Crippen LogP contribution >= 0.6 is 11.6 Å². The molecule has 0 spiro atoms. The molecule has 2 heterocycles. The minimum absolute atomic E-state index is 0.106. The van der Waals surface area contributed by atoms with Crippen molar-refractivity contribution in [3.05, 3.63) is 52.1 Å². The molecule has 25 heavy (non-hydrogen) atoms. The molecule has 0 saturated heterocycles. The van der Waals surface area contributed by atoms with Gasteiger partial charge in [0.05, 0.1) is 18.2 Å². The zero-order chi connectivity index (χ0) is 18.6. The number of rotatable bonds is 7. The van der Waals surface area contributed by atoms with E-state index in [2.05, 4.69) is 4.98 Å². The zero-order valence-electron chi connectivity index (χ0n) is 14.7. The lowest BCUT2D eigenvalue weighted by atomic mass is 10.1. The van der Waals surface area contributed by atoms with Gasteiger partial charge in [-0.1, -0.05) is 11.6 Å². The van der Waals surface area contributed by atoms with Gasteiger partial charge in [-0.05, 0) is 39.0 Å². The van der Waals surface area contributed by atoms with E-state index in [1.807, 2.05) is 31.4 Å². The predicted octanol–water partition coefficient (Wildman–Crippen LogP) is 3.40. The number of methoxy groups -OCH3 is 1. The number of carbonyl (C=O) groups is 2. The molecule has 1 unspecified atom stereocenters. The second-order valence-corrected chi connectivity index (χ2v) is 6.22. The van der Waals surface area contributed by atoms with Crippen molar-refractivity contribution in [3.8, 4) is 0 Å². The van der Waals surface area contributed by atoms with Crippen LogP contribution in [0.5, 0.6) is 0 Å². The molecule has 2 aromatic rings. The van der Waals surface area contributed by atoms with Gasteiger partial charge in [-0.25, -0.2) is 9.78 Å². The van der Waals surface area contributed by atoms with E-state index in [0.717, 1.165) is 11.4 Å². The van der Waals surface area contributed by atoms with Gasteiger partial charge >= 0.3 is 5.97 Å². The van der Waals surface area contributed by atoms with Crippen molar-refractivity contribution >= 4 is 23.4 Å². The molecular formula is C18H21ClN2O4. The van der Waals surface area contributed by atoms with Crippen LogP contribution in [0, 0.1) is 13.8 Å². The van der Waals surface area contributed by atoms with Crippen LogP contribution in [0.4, 0.5) is 0 Å². The number of halogens is 1. The standard InChI is InChI=1S/C18H21ClN2O4/c1-11-7-15(13(3)21(11)12(2)9-24-4)16(22)10-25-18(23)14-5-6-17(19)20-8-14/h5-8,12H,9-10H2,1-4H3. The van der Waals surface area contributed by atoms with Crippen LogP contribution in [-0.4, -0.2) is 41.6 Å². The number of carbonyl (C=O) groups excluding carboxylic acids is 2. The second kappa shape index (κ2) is 8.27. The minimum atomic E-state index is -0.612. The van der Waals surface area contributed by atoms with Gasteiger partial charge in [0, 0.05) is 30.3 Å². The number of ether oxygens (including phenoxy) is 2. The largest absolute Gasteiger partial charge is 0.454 e. The second-order valence-electron chi connectivity index (χ2n) is 5.83. The van der Waals surface area contributed by atoms with E-state index in [4.69, 9.17) is 21.1 Å². The topological polar surface area (TPSA) is 70.4 Å². The van der Waals surface area contributed by atoms with Gasteiger partial charge in [0.2, 0.25) is 5.78 Å². The molecule has 0 amide bonds. The number of esters is 1. The molecule has 0 saturated carbocycles. The summed E-state index contributed by atoms with van der Waals surface area (Å²) in [4.78, 5) is 28.2. The third kappa shape index (κ3) is 4.46. The minimum Gasteiger partial charge on any atom is -0.454 e. The number of aromatic nitrogens is 2. The molecule has 2 aromatic heterocycles. The Bertz CT molecular complexity index is 768. The quantitative estimate of drug-likeness (QED) is 0.428. The highest BCUT2D eigenvalue weighted by Crippen LogP contribution is 2.21. The summed E-state index contributed by atoms with van der Waals surface area (Å²) in [6, 6.07) is 4.90. The number of nitrogens with zero attached hydrogens (tertiary/aromatic N) is 2. The lowest BCUT2D eigenvalue weighted by molar-refractivity contribution is 0.0474. The highest BCUT2D eigenvalue weighted by atomic mass is 35.5. The first kappa shape index (κ1) is 19.1. The molecule has 134 valence electrons. The summed E-state index contributed by atoms with van der Waals surface area (Å²) in [5.41, 5.74) is 2.58. The number of pyridine rings is 1. The predicted molar refractivity (Wildman–Crippen MR) is 94.4 cm³/mol. The molecule has 0 aliphatic heterocycles.